The quantitative estimate of drug-likeness (QED) is 0.731. The molecule has 0 atom stereocenters. The van der Waals surface area contributed by atoms with Crippen LogP contribution < -0.4 is 0 Å². The number of para-hydroxylation sites is 2. The Kier molecular flexibility index (Phi) is 3.79. The molecule has 0 bridgehead atoms. The maximum atomic E-state index is 12.2. The zero-order chi connectivity index (χ0) is 14.7. The van der Waals surface area contributed by atoms with Gasteiger partial charge in [0.15, 0.2) is 5.78 Å². The number of benzene rings is 2. The topological polar surface area (TPSA) is 55.1 Å². The van der Waals surface area contributed by atoms with Crippen molar-refractivity contribution in [1.82, 2.24) is 9.55 Å². The third kappa shape index (κ3) is 2.71. The molecule has 4 nitrogen and oxygen atoms in total. The second kappa shape index (κ2) is 5.89. The van der Waals surface area contributed by atoms with Gasteiger partial charge in [-0.2, -0.15) is 0 Å². The standard InChI is InChI=1S/C17H16N2O2/c20-12-17-18-14-8-4-5-9-15(14)19(17)11-10-16(21)13-6-2-1-3-7-13/h1-9,20H,10-12H2. The molecule has 0 spiro atoms. The summed E-state index contributed by atoms with van der Waals surface area (Å²) in [6.07, 6.45) is 0.386. The minimum absolute atomic E-state index is 0.0947. The molecule has 1 heterocycles. The number of fused-ring (bicyclic) bond motifs is 1. The molecule has 0 aliphatic carbocycles. The highest BCUT2D eigenvalue weighted by Gasteiger charge is 2.11. The maximum Gasteiger partial charge on any atom is 0.164 e. The second-order valence-corrected chi connectivity index (χ2v) is 4.87. The van der Waals surface area contributed by atoms with E-state index >= 15 is 0 Å². The number of aryl methyl sites for hydroxylation is 1. The number of ketones is 1. The number of hydrogen-bond donors (Lipinski definition) is 1. The highest BCUT2D eigenvalue weighted by atomic mass is 16.3. The van der Waals surface area contributed by atoms with Crippen molar-refractivity contribution in [3.8, 4) is 0 Å². The van der Waals surface area contributed by atoms with Crippen molar-refractivity contribution in [1.29, 1.82) is 0 Å². The Morgan fingerprint density at radius 3 is 2.52 bits per heavy atom. The van der Waals surface area contributed by atoms with Crippen molar-refractivity contribution in [2.24, 2.45) is 0 Å². The van der Waals surface area contributed by atoms with Crippen molar-refractivity contribution in [3.05, 3.63) is 66.0 Å². The molecule has 0 amide bonds. The summed E-state index contributed by atoms with van der Waals surface area (Å²) in [7, 11) is 0. The average Bonchev–Trinajstić information content (AvgIpc) is 2.91. The summed E-state index contributed by atoms with van der Waals surface area (Å²) in [4.78, 5) is 16.6. The fourth-order valence-electron chi connectivity index (χ4n) is 2.48. The number of aliphatic hydroxyl groups is 1. The largest absolute Gasteiger partial charge is 0.388 e. The molecule has 0 saturated heterocycles. The van der Waals surface area contributed by atoms with Crippen LogP contribution in [-0.4, -0.2) is 20.4 Å². The summed E-state index contributed by atoms with van der Waals surface area (Å²) in [5, 5.41) is 9.43. The minimum Gasteiger partial charge on any atom is -0.388 e. The van der Waals surface area contributed by atoms with Crippen molar-refractivity contribution in [3.63, 3.8) is 0 Å². The summed E-state index contributed by atoms with van der Waals surface area (Å²) in [6.45, 7) is 0.387. The minimum atomic E-state index is -0.131. The fraction of sp³-hybridized carbons (Fsp3) is 0.176. The Morgan fingerprint density at radius 1 is 1.05 bits per heavy atom. The number of aliphatic hydroxyl groups excluding tert-OH is 1. The molecule has 0 saturated carbocycles. The molecule has 0 unspecified atom stereocenters. The van der Waals surface area contributed by atoms with E-state index in [1.807, 2.05) is 59.2 Å². The van der Waals surface area contributed by atoms with Crippen LogP contribution in [-0.2, 0) is 13.2 Å². The summed E-state index contributed by atoms with van der Waals surface area (Å²) in [5.41, 5.74) is 2.50. The molecule has 106 valence electrons. The smallest absolute Gasteiger partial charge is 0.164 e. The zero-order valence-corrected chi connectivity index (χ0v) is 11.6. The molecule has 4 heteroatoms. The van der Waals surface area contributed by atoms with E-state index in [0.717, 1.165) is 11.0 Å². The molecule has 21 heavy (non-hydrogen) atoms. The van der Waals surface area contributed by atoms with Crippen molar-refractivity contribution in [2.45, 2.75) is 19.6 Å². The van der Waals surface area contributed by atoms with Gasteiger partial charge < -0.3 is 9.67 Å². The van der Waals surface area contributed by atoms with Crippen molar-refractivity contribution < 1.29 is 9.90 Å². The van der Waals surface area contributed by atoms with E-state index in [1.165, 1.54) is 0 Å². The first-order valence-corrected chi connectivity index (χ1v) is 6.93. The van der Waals surface area contributed by atoms with E-state index < -0.39 is 0 Å². The fourth-order valence-corrected chi connectivity index (χ4v) is 2.48. The number of nitrogens with zero attached hydrogens (tertiary/aromatic N) is 2. The molecule has 0 radical (unpaired) electrons. The van der Waals surface area contributed by atoms with Gasteiger partial charge in [0.1, 0.15) is 12.4 Å². The molecular weight excluding hydrogens is 264 g/mol. The van der Waals surface area contributed by atoms with Crippen LogP contribution >= 0.6 is 0 Å². The molecule has 3 aromatic rings. The second-order valence-electron chi connectivity index (χ2n) is 4.87. The Bertz CT molecular complexity index is 763. The van der Waals surface area contributed by atoms with E-state index in [-0.39, 0.29) is 12.4 Å². The maximum absolute atomic E-state index is 12.2. The molecule has 3 rings (SSSR count). The van der Waals surface area contributed by atoms with E-state index in [1.54, 1.807) is 0 Å². The van der Waals surface area contributed by atoms with Gasteiger partial charge in [-0.05, 0) is 12.1 Å². The van der Waals surface area contributed by atoms with Crippen molar-refractivity contribution >= 4 is 16.8 Å². The first-order valence-electron chi connectivity index (χ1n) is 6.93. The molecule has 0 aliphatic rings. The van der Waals surface area contributed by atoms with E-state index in [4.69, 9.17) is 0 Å². The first kappa shape index (κ1) is 13.5. The lowest BCUT2D eigenvalue weighted by atomic mass is 10.1. The summed E-state index contributed by atoms with van der Waals surface area (Å²) in [5.74, 6) is 0.689. The lowest BCUT2D eigenvalue weighted by molar-refractivity contribution is 0.0976. The molecule has 0 aliphatic heterocycles. The van der Waals surface area contributed by atoms with Crippen molar-refractivity contribution in [2.75, 3.05) is 0 Å². The average molecular weight is 280 g/mol. The normalized spacial score (nSPS) is 10.9. The van der Waals surface area contributed by atoms with E-state index in [2.05, 4.69) is 4.98 Å². The zero-order valence-electron chi connectivity index (χ0n) is 11.6. The Balaban J connectivity index is 1.83. The summed E-state index contributed by atoms with van der Waals surface area (Å²) in [6, 6.07) is 17.0. The lowest BCUT2D eigenvalue weighted by Crippen LogP contribution is -2.09. The van der Waals surface area contributed by atoms with Gasteiger partial charge in [-0.1, -0.05) is 42.5 Å². The number of hydrogen-bond acceptors (Lipinski definition) is 3. The van der Waals surface area contributed by atoms with Crippen LogP contribution in [0.4, 0.5) is 0 Å². The lowest BCUT2D eigenvalue weighted by Gasteiger charge is -2.07. The Morgan fingerprint density at radius 2 is 1.76 bits per heavy atom. The number of rotatable bonds is 5. The number of carbonyl (C=O) groups is 1. The number of aromatic nitrogens is 2. The van der Waals surface area contributed by atoms with Gasteiger partial charge in [0.2, 0.25) is 0 Å². The van der Waals surface area contributed by atoms with Crippen LogP contribution in [0, 0.1) is 0 Å². The predicted molar refractivity (Wildman–Crippen MR) is 81.0 cm³/mol. The third-order valence-corrected chi connectivity index (χ3v) is 3.53. The van der Waals surface area contributed by atoms with Gasteiger partial charge in [0, 0.05) is 18.5 Å². The Labute approximate surface area is 122 Å². The van der Waals surface area contributed by atoms with Gasteiger partial charge in [-0.25, -0.2) is 4.98 Å². The van der Waals surface area contributed by atoms with Gasteiger partial charge in [0.05, 0.1) is 11.0 Å². The first-order chi connectivity index (χ1) is 10.3. The van der Waals surface area contributed by atoms with Gasteiger partial charge in [-0.15, -0.1) is 0 Å². The third-order valence-electron chi connectivity index (χ3n) is 3.53. The molecule has 1 N–H and O–H groups in total. The van der Waals surface area contributed by atoms with Gasteiger partial charge in [0.25, 0.3) is 0 Å². The van der Waals surface area contributed by atoms with Crippen LogP contribution in [0.3, 0.4) is 0 Å². The number of carbonyl (C=O) groups excluding carboxylic acids is 1. The monoisotopic (exact) mass is 280 g/mol. The van der Waals surface area contributed by atoms with Crippen LogP contribution in [0.1, 0.15) is 22.6 Å². The molecule has 0 fully saturated rings. The summed E-state index contributed by atoms with van der Waals surface area (Å²) >= 11 is 0. The van der Waals surface area contributed by atoms with Crippen LogP contribution in [0.25, 0.3) is 11.0 Å². The SMILES string of the molecule is O=C(CCn1c(CO)nc2ccccc21)c1ccccc1. The van der Waals surface area contributed by atoms with E-state index in [9.17, 15) is 9.90 Å². The number of Topliss-reactive ketones (excluding diaryl/α,β-unsaturated/α-hetero) is 1. The Hall–Kier alpha value is -2.46. The number of imidazole rings is 1. The van der Waals surface area contributed by atoms with Gasteiger partial charge >= 0.3 is 0 Å². The molecular formula is C17H16N2O2. The highest BCUT2D eigenvalue weighted by Crippen LogP contribution is 2.17. The van der Waals surface area contributed by atoms with Crippen LogP contribution in [0.15, 0.2) is 54.6 Å². The van der Waals surface area contributed by atoms with Crippen LogP contribution in [0.2, 0.25) is 0 Å². The van der Waals surface area contributed by atoms with Crippen LogP contribution in [0.5, 0.6) is 0 Å². The predicted octanol–water partition coefficient (Wildman–Crippen LogP) is 2.80. The molecule has 1 aromatic heterocycles. The summed E-state index contributed by atoms with van der Waals surface area (Å²) < 4.78 is 1.91. The highest BCUT2D eigenvalue weighted by molar-refractivity contribution is 5.96. The van der Waals surface area contributed by atoms with Gasteiger partial charge in [-0.3, -0.25) is 4.79 Å². The van der Waals surface area contributed by atoms with E-state index in [0.29, 0.717) is 24.4 Å². The molecule has 2 aromatic carbocycles.